The highest BCUT2D eigenvalue weighted by Crippen LogP contribution is 2.42. The summed E-state index contributed by atoms with van der Waals surface area (Å²) in [4.78, 5) is 11.0. The van der Waals surface area contributed by atoms with E-state index in [-0.39, 0.29) is 5.60 Å². The van der Waals surface area contributed by atoms with Crippen LogP contribution in [0.3, 0.4) is 0 Å². The van der Waals surface area contributed by atoms with Crippen molar-refractivity contribution in [1.82, 2.24) is 14.7 Å². The lowest BCUT2D eigenvalue weighted by molar-refractivity contribution is -0.0457. The van der Waals surface area contributed by atoms with Gasteiger partial charge in [0.2, 0.25) is 16.0 Å². The number of sulfonamides is 1. The molecule has 0 bridgehead atoms. The van der Waals surface area contributed by atoms with Crippen LogP contribution in [0, 0.1) is 5.92 Å². The molecule has 0 radical (unpaired) electrons. The van der Waals surface area contributed by atoms with Crippen molar-refractivity contribution in [3.8, 4) is 0 Å². The molecule has 8 heteroatoms. The van der Waals surface area contributed by atoms with E-state index in [1.165, 1.54) is 0 Å². The number of rotatable bonds is 6. The molecular formula is C18H22N4O3S. The first-order valence-corrected chi connectivity index (χ1v) is 10.3. The Kier molecular flexibility index (Phi) is 4.64. The van der Waals surface area contributed by atoms with Crippen molar-refractivity contribution >= 4 is 16.0 Å². The van der Waals surface area contributed by atoms with Crippen molar-refractivity contribution < 1.29 is 13.2 Å². The fraction of sp³-hybridized carbons (Fsp3) is 0.444. The summed E-state index contributed by atoms with van der Waals surface area (Å²) in [6, 6.07) is 10.3. The molecule has 1 spiro atoms. The minimum Gasteiger partial charge on any atom is -0.371 e. The third-order valence-electron chi connectivity index (χ3n) is 5.19. The van der Waals surface area contributed by atoms with Crippen molar-refractivity contribution in [3.05, 3.63) is 48.8 Å². The molecule has 0 aliphatic carbocycles. The van der Waals surface area contributed by atoms with Gasteiger partial charge in [-0.2, -0.15) is 0 Å². The Bertz CT molecular complexity index is 839. The van der Waals surface area contributed by atoms with Gasteiger partial charge >= 0.3 is 0 Å². The second kappa shape index (κ2) is 6.94. The van der Waals surface area contributed by atoms with E-state index >= 15 is 0 Å². The first-order chi connectivity index (χ1) is 12.6. The largest absolute Gasteiger partial charge is 0.371 e. The molecule has 4 rings (SSSR count). The molecule has 2 fully saturated rings. The van der Waals surface area contributed by atoms with Crippen LogP contribution in [-0.4, -0.2) is 50.2 Å². The van der Waals surface area contributed by atoms with Crippen molar-refractivity contribution in [2.24, 2.45) is 5.92 Å². The number of ether oxygens (including phenoxy) is 1. The van der Waals surface area contributed by atoms with Crippen LogP contribution in [0.15, 0.2) is 53.7 Å². The predicted octanol–water partition coefficient (Wildman–Crippen LogP) is 1.44. The number of anilines is 1. The summed E-state index contributed by atoms with van der Waals surface area (Å²) in [5, 5.41) is 0. The van der Waals surface area contributed by atoms with Crippen LogP contribution in [-0.2, 0) is 14.8 Å². The average molecular weight is 374 g/mol. The molecule has 3 heterocycles. The van der Waals surface area contributed by atoms with Gasteiger partial charge in [0.25, 0.3) is 0 Å². The third-order valence-corrected chi connectivity index (χ3v) is 6.67. The average Bonchev–Trinajstić information content (AvgIpc) is 3.06. The molecule has 1 unspecified atom stereocenters. The molecule has 2 aliphatic heterocycles. The minimum absolute atomic E-state index is 0.197. The molecule has 0 saturated carbocycles. The maximum atomic E-state index is 12.3. The Labute approximate surface area is 153 Å². The van der Waals surface area contributed by atoms with Crippen molar-refractivity contribution in [2.45, 2.75) is 23.3 Å². The molecule has 1 aromatic carbocycles. The lowest BCUT2D eigenvalue weighted by Gasteiger charge is -2.50. The fourth-order valence-electron chi connectivity index (χ4n) is 3.79. The van der Waals surface area contributed by atoms with Gasteiger partial charge in [-0.1, -0.05) is 18.2 Å². The lowest BCUT2D eigenvalue weighted by atomic mass is 9.79. The van der Waals surface area contributed by atoms with Crippen LogP contribution in [0.4, 0.5) is 5.95 Å². The van der Waals surface area contributed by atoms with Gasteiger partial charge in [0.05, 0.1) is 18.0 Å². The van der Waals surface area contributed by atoms with Gasteiger partial charge in [-0.25, -0.2) is 23.1 Å². The fourth-order valence-corrected chi connectivity index (χ4v) is 4.86. The van der Waals surface area contributed by atoms with E-state index in [4.69, 9.17) is 4.74 Å². The molecule has 1 N–H and O–H groups in total. The van der Waals surface area contributed by atoms with Crippen LogP contribution in [0.25, 0.3) is 0 Å². The van der Waals surface area contributed by atoms with Gasteiger partial charge in [0.1, 0.15) is 5.60 Å². The van der Waals surface area contributed by atoms with Gasteiger partial charge in [-0.3, -0.25) is 0 Å². The Morgan fingerprint density at radius 1 is 1.15 bits per heavy atom. The number of hydrogen-bond donors (Lipinski definition) is 1. The topological polar surface area (TPSA) is 84.4 Å². The zero-order chi connectivity index (χ0) is 18.0. The Balaban J connectivity index is 1.33. The smallest absolute Gasteiger partial charge is 0.240 e. The SMILES string of the molecule is O=S(=O)(NCCC1CCOC12CN(c1ncccn1)C2)c1ccccc1. The van der Waals surface area contributed by atoms with Gasteiger partial charge in [-0.15, -0.1) is 0 Å². The summed E-state index contributed by atoms with van der Waals surface area (Å²) in [6.45, 7) is 2.65. The van der Waals surface area contributed by atoms with Crippen molar-refractivity contribution in [1.29, 1.82) is 0 Å². The summed E-state index contributed by atoms with van der Waals surface area (Å²) >= 11 is 0. The molecule has 7 nitrogen and oxygen atoms in total. The first kappa shape index (κ1) is 17.4. The second-order valence-corrected chi connectivity index (χ2v) is 8.57. The zero-order valence-corrected chi connectivity index (χ0v) is 15.2. The Hall–Kier alpha value is -2.03. The molecule has 0 amide bonds. The molecule has 2 saturated heterocycles. The van der Waals surface area contributed by atoms with Crippen molar-refractivity contribution in [3.63, 3.8) is 0 Å². The number of aromatic nitrogens is 2. The first-order valence-electron chi connectivity index (χ1n) is 8.80. The highest BCUT2D eigenvalue weighted by atomic mass is 32.2. The molecule has 26 heavy (non-hydrogen) atoms. The molecule has 138 valence electrons. The van der Waals surface area contributed by atoms with Crippen LogP contribution in [0.2, 0.25) is 0 Å². The van der Waals surface area contributed by atoms with Gasteiger partial charge in [-0.05, 0) is 37.0 Å². The summed E-state index contributed by atoms with van der Waals surface area (Å²) < 4.78 is 33.4. The highest BCUT2D eigenvalue weighted by Gasteiger charge is 2.53. The predicted molar refractivity (Wildman–Crippen MR) is 97.3 cm³/mol. The van der Waals surface area contributed by atoms with Crippen LogP contribution in [0.5, 0.6) is 0 Å². The van der Waals surface area contributed by atoms with Crippen LogP contribution in [0.1, 0.15) is 12.8 Å². The number of nitrogens with zero attached hydrogens (tertiary/aromatic N) is 3. The van der Waals surface area contributed by atoms with E-state index < -0.39 is 10.0 Å². The Morgan fingerprint density at radius 3 is 2.62 bits per heavy atom. The quantitative estimate of drug-likeness (QED) is 0.824. The Morgan fingerprint density at radius 2 is 1.88 bits per heavy atom. The normalized spacial score (nSPS) is 21.7. The van der Waals surface area contributed by atoms with Crippen molar-refractivity contribution in [2.75, 3.05) is 31.1 Å². The van der Waals surface area contributed by atoms with E-state index in [0.717, 1.165) is 38.5 Å². The van der Waals surface area contributed by atoms with E-state index in [9.17, 15) is 8.42 Å². The summed E-state index contributed by atoms with van der Waals surface area (Å²) in [5.41, 5.74) is -0.197. The molecule has 2 aromatic rings. The summed E-state index contributed by atoms with van der Waals surface area (Å²) in [7, 11) is -3.45. The maximum Gasteiger partial charge on any atom is 0.240 e. The number of hydrogen-bond acceptors (Lipinski definition) is 6. The number of nitrogens with one attached hydrogen (secondary N) is 1. The summed E-state index contributed by atoms with van der Waals surface area (Å²) in [5.74, 6) is 1.05. The van der Waals surface area contributed by atoms with E-state index in [1.807, 2.05) is 0 Å². The highest BCUT2D eigenvalue weighted by molar-refractivity contribution is 7.89. The standard InChI is InChI=1S/C18H22N4O3S/c23-26(24,16-5-2-1-3-6-16)21-11-7-15-8-12-25-18(15)13-22(14-18)17-19-9-4-10-20-17/h1-6,9-10,15,21H,7-8,11-14H2. The van der Waals surface area contributed by atoms with E-state index in [1.54, 1.807) is 48.8 Å². The lowest BCUT2D eigenvalue weighted by Crippen LogP contribution is -2.65. The van der Waals surface area contributed by atoms with Crippen LogP contribution >= 0.6 is 0 Å². The van der Waals surface area contributed by atoms with Crippen LogP contribution < -0.4 is 9.62 Å². The van der Waals surface area contributed by atoms with E-state index in [2.05, 4.69) is 19.6 Å². The summed E-state index contributed by atoms with van der Waals surface area (Å²) in [6.07, 6.45) is 5.18. The molecule has 2 aliphatic rings. The molecule has 1 aromatic heterocycles. The van der Waals surface area contributed by atoms with E-state index in [0.29, 0.717) is 17.4 Å². The molecule has 1 atom stereocenters. The van der Waals surface area contributed by atoms with Gasteiger partial charge in [0.15, 0.2) is 0 Å². The zero-order valence-electron chi connectivity index (χ0n) is 14.4. The minimum atomic E-state index is -3.45. The van der Waals surface area contributed by atoms with Gasteiger partial charge in [0, 0.05) is 25.5 Å². The molecular weight excluding hydrogens is 352 g/mol. The maximum absolute atomic E-state index is 12.3. The van der Waals surface area contributed by atoms with Gasteiger partial charge < -0.3 is 9.64 Å². The second-order valence-electron chi connectivity index (χ2n) is 6.80. The third kappa shape index (κ3) is 3.32. The monoisotopic (exact) mass is 374 g/mol. The number of benzene rings is 1.